The zero-order chi connectivity index (χ0) is 14.0. The number of nitrogens with zero attached hydrogens (tertiary/aromatic N) is 3. The molecule has 0 amide bonds. The van der Waals surface area contributed by atoms with Gasteiger partial charge in [0, 0.05) is 18.7 Å². The molecule has 2 rings (SSSR count). The number of alkyl halides is 3. The topological polar surface area (TPSA) is 42.2 Å². The molecule has 1 N–H and O–H groups in total. The first-order chi connectivity index (χ1) is 8.93. The van der Waals surface area contributed by atoms with Crippen LogP contribution in [0, 0.1) is 0 Å². The van der Waals surface area contributed by atoms with Gasteiger partial charge in [0.25, 0.3) is 0 Å². The number of fused-ring (bicyclic) bond motifs is 1. The molecule has 0 aliphatic heterocycles. The molecule has 2 aromatic heterocycles. The van der Waals surface area contributed by atoms with Crippen LogP contribution < -0.4 is 5.32 Å². The number of aromatic nitrogens is 3. The van der Waals surface area contributed by atoms with Gasteiger partial charge in [-0.05, 0) is 18.7 Å². The van der Waals surface area contributed by atoms with E-state index in [0.29, 0.717) is 18.0 Å². The van der Waals surface area contributed by atoms with Crippen LogP contribution in [0.3, 0.4) is 0 Å². The monoisotopic (exact) mass is 272 g/mol. The predicted octanol–water partition coefficient (Wildman–Crippen LogP) is 2.46. The first kappa shape index (κ1) is 13.8. The summed E-state index contributed by atoms with van der Waals surface area (Å²) in [6, 6.07) is 2.35. The standard InChI is InChI=1S/C12H15F3N4/c1-3-16-6-8(2)11-18-17-10-5-4-9(7-19(10)11)12(13,14)15/h4-5,7-8,16H,3,6H2,1-2H3. The number of nitrogens with one attached hydrogen (secondary N) is 1. The van der Waals surface area contributed by atoms with Crippen molar-refractivity contribution in [3.63, 3.8) is 0 Å². The SMILES string of the molecule is CCNCC(C)c1nnc2ccc(C(F)(F)F)cn12. The molecular weight excluding hydrogens is 257 g/mol. The van der Waals surface area contributed by atoms with Crippen molar-refractivity contribution in [2.24, 2.45) is 0 Å². The van der Waals surface area contributed by atoms with Gasteiger partial charge in [0.05, 0.1) is 5.56 Å². The molecule has 2 aromatic rings. The van der Waals surface area contributed by atoms with E-state index < -0.39 is 11.7 Å². The summed E-state index contributed by atoms with van der Waals surface area (Å²) < 4.78 is 39.5. The van der Waals surface area contributed by atoms with E-state index in [1.807, 2.05) is 13.8 Å². The van der Waals surface area contributed by atoms with Gasteiger partial charge in [-0.3, -0.25) is 4.40 Å². The number of pyridine rings is 1. The Labute approximate surface area is 108 Å². The van der Waals surface area contributed by atoms with E-state index in [-0.39, 0.29) is 5.92 Å². The molecular formula is C12H15F3N4. The molecule has 2 heterocycles. The largest absolute Gasteiger partial charge is 0.417 e. The minimum Gasteiger partial charge on any atom is -0.316 e. The highest BCUT2D eigenvalue weighted by Crippen LogP contribution is 2.29. The Hall–Kier alpha value is -1.63. The van der Waals surface area contributed by atoms with Gasteiger partial charge < -0.3 is 5.32 Å². The summed E-state index contributed by atoms with van der Waals surface area (Å²) in [5.41, 5.74) is -0.275. The van der Waals surface area contributed by atoms with E-state index in [0.717, 1.165) is 18.8 Å². The summed E-state index contributed by atoms with van der Waals surface area (Å²) >= 11 is 0. The lowest BCUT2D eigenvalue weighted by Gasteiger charge is -2.11. The maximum atomic E-state index is 12.7. The number of rotatable bonds is 4. The number of hydrogen-bond donors (Lipinski definition) is 1. The van der Waals surface area contributed by atoms with Gasteiger partial charge in [-0.15, -0.1) is 10.2 Å². The van der Waals surface area contributed by atoms with Crippen molar-refractivity contribution in [2.45, 2.75) is 25.9 Å². The van der Waals surface area contributed by atoms with Gasteiger partial charge in [0.2, 0.25) is 0 Å². The van der Waals surface area contributed by atoms with Crippen molar-refractivity contribution in [1.29, 1.82) is 0 Å². The van der Waals surface area contributed by atoms with Gasteiger partial charge >= 0.3 is 6.18 Å². The molecule has 1 atom stereocenters. The fraction of sp³-hybridized carbons (Fsp3) is 0.500. The smallest absolute Gasteiger partial charge is 0.316 e. The van der Waals surface area contributed by atoms with Crippen LogP contribution in [0.4, 0.5) is 13.2 Å². The lowest BCUT2D eigenvalue weighted by atomic mass is 10.1. The molecule has 0 spiro atoms. The minimum absolute atomic E-state index is 0.0153. The van der Waals surface area contributed by atoms with Crippen molar-refractivity contribution in [2.75, 3.05) is 13.1 Å². The van der Waals surface area contributed by atoms with E-state index in [1.54, 1.807) is 0 Å². The summed E-state index contributed by atoms with van der Waals surface area (Å²) in [5, 5.41) is 11.0. The average Bonchev–Trinajstić information content (AvgIpc) is 2.77. The van der Waals surface area contributed by atoms with Gasteiger partial charge in [0.1, 0.15) is 5.82 Å². The van der Waals surface area contributed by atoms with Gasteiger partial charge in [-0.2, -0.15) is 13.2 Å². The highest BCUT2D eigenvalue weighted by molar-refractivity contribution is 5.40. The second-order valence-electron chi connectivity index (χ2n) is 4.41. The summed E-state index contributed by atoms with van der Waals surface area (Å²) in [5.74, 6) is 0.514. The van der Waals surface area contributed by atoms with E-state index in [9.17, 15) is 13.2 Å². The molecule has 0 radical (unpaired) electrons. The second-order valence-corrected chi connectivity index (χ2v) is 4.41. The first-order valence-electron chi connectivity index (χ1n) is 6.06. The maximum Gasteiger partial charge on any atom is 0.417 e. The molecule has 0 aliphatic carbocycles. The Morgan fingerprint density at radius 2 is 2.05 bits per heavy atom. The summed E-state index contributed by atoms with van der Waals surface area (Å²) in [4.78, 5) is 0. The molecule has 4 nitrogen and oxygen atoms in total. The molecule has 19 heavy (non-hydrogen) atoms. The minimum atomic E-state index is -4.36. The Morgan fingerprint density at radius 3 is 2.68 bits per heavy atom. The molecule has 0 bridgehead atoms. The summed E-state index contributed by atoms with van der Waals surface area (Å²) in [7, 11) is 0. The van der Waals surface area contributed by atoms with Crippen molar-refractivity contribution in [3.8, 4) is 0 Å². The van der Waals surface area contributed by atoms with Crippen LogP contribution in [-0.4, -0.2) is 27.7 Å². The third-order valence-corrected chi connectivity index (χ3v) is 2.90. The number of halogens is 3. The van der Waals surface area contributed by atoms with Gasteiger partial charge in [-0.25, -0.2) is 0 Å². The second kappa shape index (κ2) is 5.16. The van der Waals surface area contributed by atoms with Crippen LogP contribution in [0.25, 0.3) is 5.65 Å². The van der Waals surface area contributed by atoms with E-state index >= 15 is 0 Å². The lowest BCUT2D eigenvalue weighted by Crippen LogP contribution is -2.21. The van der Waals surface area contributed by atoms with Gasteiger partial charge in [-0.1, -0.05) is 13.8 Å². The van der Waals surface area contributed by atoms with Crippen molar-refractivity contribution in [3.05, 3.63) is 29.7 Å². The summed E-state index contributed by atoms with van der Waals surface area (Å²) in [6.45, 7) is 5.32. The fourth-order valence-electron chi connectivity index (χ4n) is 1.86. The van der Waals surface area contributed by atoms with E-state index in [2.05, 4.69) is 15.5 Å². The van der Waals surface area contributed by atoms with Gasteiger partial charge in [0.15, 0.2) is 5.65 Å². The maximum absolute atomic E-state index is 12.7. The zero-order valence-electron chi connectivity index (χ0n) is 10.7. The Balaban J connectivity index is 2.40. The molecule has 104 valence electrons. The van der Waals surface area contributed by atoms with Crippen molar-refractivity contribution < 1.29 is 13.2 Å². The third kappa shape index (κ3) is 2.86. The third-order valence-electron chi connectivity index (χ3n) is 2.90. The first-order valence-corrected chi connectivity index (χ1v) is 6.06. The van der Waals surface area contributed by atoms with Crippen LogP contribution in [0.5, 0.6) is 0 Å². The van der Waals surface area contributed by atoms with Crippen molar-refractivity contribution >= 4 is 5.65 Å². The molecule has 0 aromatic carbocycles. The Bertz CT molecular complexity index is 562. The number of likely N-dealkylation sites (N-methyl/N-ethyl adjacent to an activating group) is 1. The highest BCUT2D eigenvalue weighted by Gasteiger charge is 2.31. The molecule has 0 saturated heterocycles. The fourth-order valence-corrected chi connectivity index (χ4v) is 1.86. The van der Waals surface area contributed by atoms with E-state index in [4.69, 9.17) is 0 Å². The molecule has 0 saturated carbocycles. The lowest BCUT2D eigenvalue weighted by molar-refractivity contribution is -0.137. The zero-order valence-corrected chi connectivity index (χ0v) is 10.7. The molecule has 0 fully saturated rings. The van der Waals surface area contributed by atoms with Crippen LogP contribution in [0.15, 0.2) is 18.3 Å². The van der Waals surface area contributed by atoms with Crippen LogP contribution in [0.2, 0.25) is 0 Å². The van der Waals surface area contributed by atoms with E-state index in [1.165, 1.54) is 10.5 Å². The number of hydrogen-bond acceptors (Lipinski definition) is 3. The highest BCUT2D eigenvalue weighted by atomic mass is 19.4. The van der Waals surface area contributed by atoms with Crippen LogP contribution in [-0.2, 0) is 6.18 Å². The van der Waals surface area contributed by atoms with Crippen LogP contribution in [0.1, 0.15) is 31.2 Å². The average molecular weight is 272 g/mol. The van der Waals surface area contributed by atoms with Crippen molar-refractivity contribution in [1.82, 2.24) is 19.9 Å². The molecule has 0 aliphatic rings. The normalized spacial score (nSPS) is 13.9. The predicted molar refractivity (Wildman–Crippen MR) is 64.9 cm³/mol. The summed E-state index contributed by atoms with van der Waals surface area (Å²) in [6.07, 6.45) is -3.31. The Kier molecular flexibility index (Phi) is 3.75. The molecule has 7 heteroatoms. The quantitative estimate of drug-likeness (QED) is 0.929. The molecule has 1 unspecified atom stereocenters. The Morgan fingerprint density at radius 1 is 1.32 bits per heavy atom. The van der Waals surface area contributed by atoms with Crippen LogP contribution >= 0.6 is 0 Å².